The lowest BCUT2D eigenvalue weighted by Crippen LogP contribution is -2.22. The summed E-state index contributed by atoms with van der Waals surface area (Å²) >= 11 is 0. The Morgan fingerprint density at radius 2 is 1.44 bits per heavy atom. The first-order valence-electron chi connectivity index (χ1n) is 7.30. The highest BCUT2D eigenvalue weighted by Crippen LogP contribution is 2.15. The lowest BCUT2D eigenvalue weighted by atomic mass is 10.1. The number of carboxylic acid groups (broad SMARTS) is 1. The number of carboxylic acids is 1. The fraction of sp³-hybridized carbons (Fsp3) is 0.111. The zero-order valence-corrected chi connectivity index (χ0v) is 14.5. The summed E-state index contributed by atoms with van der Waals surface area (Å²) in [5.41, 5.74) is 1.21. The van der Waals surface area contributed by atoms with Gasteiger partial charge in [0.2, 0.25) is 10.0 Å². The Morgan fingerprint density at radius 1 is 0.920 bits per heavy atom. The van der Waals surface area contributed by atoms with Gasteiger partial charge in [0, 0.05) is 19.7 Å². The van der Waals surface area contributed by atoms with Crippen LogP contribution in [0.5, 0.6) is 0 Å². The monoisotopic (exact) mass is 359 g/mol. The zero-order valence-electron chi connectivity index (χ0n) is 13.7. The number of benzene rings is 2. The summed E-state index contributed by atoms with van der Waals surface area (Å²) in [6.07, 6.45) is 2.92. The minimum atomic E-state index is -3.53. The van der Waals surface area contributed by atoms with Gasteiger partial charge in [0.05, 0.1) is 10.5 Å². The molecule has 25 heavy (non-hydrogen) atoms. The maximum atomic E-state index is 12.1. The van der Waals surface area contributed by atoms with Gasteiger partial charge in [-0.1, -0.05) is 18.2 Å². The lowest BCUT2D eigenvalue weighted by Gasteiger charge is -2.11. The standard InChI is InChI=1S/C18H17NO5S/c1-19(2)25(23,24)16-10-8-14(9-11-16)17(20)12-5-13-3-6-15(7-4-13)18(21)22/h3-12H,1-2H3,(H,21,22)/b12-5-. The third kappa shape index (κ3) is 4.40. The number of nitrogens with zero attached hydrogens (tertiary/aromatic N) is 1. The molecule has 0 spiro atoms. The number of carbonyl (C=O) groups excluding carboxylic acids is 1. The summed E-state index contributed by atoms with van der Waals surface area (Å²) in [4.78, 5) is 23.0. The van der Waals surface area contributed by atoms with E-state index >= 15 is 0 Å². The van der Waals surface area contributed by atoms with Crippen molar-refractivity contribution in [2.24, 2.45) is 0 Å². The number of aromatic carboxylic acids is 1. The van der Waals surface area contributed by atoms with E-state index in [1.165, 1.54) is 56.6 Å². The SMILES string of the molecule is CN(C)S(=O)(=O)c1ccc(C(=O)/C=C\c2ccc(C(=O)O)cc2)cc1. The van der Waals surface area contributed by atoms with Crippen molar-refractivity contribution in [2.75, 3.05) is 14.1 Å². The Balaban J connectivity index is 2.14. The second-order valence-electron chi connectivity index (χ2n) is 5.44. The molecule has 0 saturated carbocycles. The predicted octanol–water partition coefficient (Wildman–Crippen LogP) is 2.53. The van der Waals surface area contributed by atoms with Gasteiger partial charge < -0.3 is 5.11 Å². The first kappa shape index (κ1) is 18.6. The number of rotatable bonds is 6. The molecule has 1 N–H and O–H groups in total. The van der Waals surface area contributed by atoms with Gasteiger partial charge in [0.1, 0.15) is 0 Å². The topological polar surface area (TPSA) is 91.8 Å². The van der Waals surface area contributed by atoms with E-state index in [-0.39, 0.29) is 16.2 Å². The van der Waals surface area contributed by atoms with Crippen molar-refractivity contribution in [1.82, 2.24) is 4.31 Å². The van der Waals surface area contributed by atoms with Gasteiger partial charge >= 0.3 is 5.97 Å². The van der Waals surface area contributed by atoms with Crippen LogP contribution in [0.25, 0.3) is 6.08 Å². The fourth-order valence-corrected chi connectivity index (χ4v) is 2.91. The first-order valence-corrected chi connectivity index (χ1v) is 8.74. The van der Waals surface area contributed by atoms with E-state index in [4.69, 9.17) is 5.11 Å². The Morgan fingerprint density at radius 3 is 1.92 bits per heavy atom. The van der Waals surface area contributed by atoms with Crippen LogP contribution < -0.4 is 0 Å². The second kappa shape index (κ2) is 7.42. The van der Waals surface area contributed by atoms with Crippen molar-refractivity contribution in [1.29, 1.82) is 0 Å². The highest BCUT2D eigenvalue weighted by molar-refractivity contribution is 7.89. The number of carbonyl (C=O) groups is 2. The molecule has 0 aliphatic carbocycles. The average Bonchev–Trinajstić information content (AvgIpc) is 2.60. The highest BCUT2D eigenvalue weighted by atomic mass is 32.2. The van der Waals surface area contributed by atoms with E-state index in [0.717, 1.165) is 4.31 Å². The van der Waals surface area contributed by atoms with Crippen molar-refractivity contribution in [3.8, 4) is 0 Å². The largest absolute Gasteiger partial charge is 0.478 e. The second-order valence-corrected chi connectivity index (χ2v) is 7.59. The first-order chi connectivity index (χ1) is 11.7. The van der Waals surface area contributed by atoms with Crippen LogP contribution in [-0.2, 0) is 10.0 Å². The van der Waals surface area contributed by atoms with E-state index in [1.807, 2.05) is 0 Å². The molecule has 0 amide bonds. The molecule has 2 rings (SSSR count). The summed E-state index contributed by atoms with van der Waals surface area (Å²) in [6, 6.07) is 11.8. The molecular formula is C18H17NO5S. The van der Waals surface area contributed by atoms with E-state index in [1.54, 1.807) is 18.2 Å². The molecule has 0 aliphatic rings. The van der Waals surface area contributed by atoms with E-state index in [2.05, 4.69) is 0 Å². The van der Waals surface area contributed by atoms with Crippen LogP contribution in [0.2, 0.25) is 0 Å². The smallest absolute Gasteiger partial charge is 0.335 e. The quantitative estimate of drug-likeness (QED) is 0.632. The molecule has 0 heterocycles. The Kier molecular flexibility index (Phi) is 5.51. The van der Waals surface area contributed by atoms with Crippen LogP contribution >= 0.6 is 0 Å². The van der Waals surface area contributed by atoms with Gasteiger partial charge in [0.25, 0.3) is 0 Å². The summed E-state index contributed by atoms with van der Waals surface area (Å²) in [6.45, 7) is 0. The highest BCUT2D eigenvalue weighted by Gasteiger charge is 2.17. The van der Waals surface area contributed by atoms with Gasteiger partial charge in [-0.3, -0.25) is 4.79 Å². The van der Waals surface area contributed by atoms with Crippen LogP contribution in [0, 0.1) is 0 Å². The Labute approximate surface area is 146 Å². The van der Waals surface area contributed by atoms with Crippen LogP contribution in [0.15, 0.2) is 59.5 Å². The number of allylic oxidation sites excluding steroid dienone is 1. The molecule has 6 nitrogen and oxygen atoms in total. The van der Waals surface area contributed by atoms with Crippen molar-refractivity contribution >= 4 is 27.9 Å². The number of sulfonamides is 1. The molecule has 0 aromatic heterocycles. The van der Waals surface area contributed by atoms with E-state index < -0.39 is 16.0 Å². The van der Waals surface area contributed by atoms with Crippen molar-refractivity contribution in [3.63, 3.8) is 0 Å². The normalized spacial score (nSPS) is 11.8. The third-order valence-corrected chi connectivity index (χ3v) is 5.33. The van der Waals surface area contributed by atoms with Gasteiger partial charge in [-0.05, 0) is 48.0 Å². The maximum absolute atomic E-state index is 12.1. The predicted molar refractivity (Wildman–Crippen MR) is 94.1 cm³/mol. The fourth-order valence-electron chi connectivity index (χ4n) is 2.01. The van der Waals surface area contributed by atoms with Gasteiger partial charge in [-0.15, -0.1) is 0 Å². The molecule has 0 bridgehead atoms. The maximum Gasteiger partial charge on any atom is 0.335 e. The van der Waals surface area contributed by atoms with E-state index in [0.29, 0.717) is 11.1 Å². The number of ketones is 1. The molecule has 0 radical (unpaired) electrons. The van der Waals surface area contributed by atoms with Crippen LogP contribution in [-0.4, -0.2) is 43.7 Å². The van der Waals surface area contributed by atoms with Gasteiger partial charge in [-0.25, -0.2) is 17.5 Å². The number of hydrogen-bond donors (Lipinski definition) is 1. The molecular weight excluding hydrogens is 342 g/mol. The van der Waals surface area contributed by atoms with E-state index in [9.17, 15) is 18.0 Å². The molecule has 2 aromatic carbocycles. The van der Waals surface area contributed by atoms with Crippen LogP contribution in [0.3, 0.4) is 0 Å². The molecule has 0 aliphatic heterocycles. The molecule has 0 atom stereocenters. The number of hydrogen-bond acceptors (Lipinski definition) is 4. The molecule has 0 unspecified atom stereocenters. The van der Waals surface area contributed by atoms with Crippen molar-refractivity contribution < 1.29 is 23.1 Å². The minimum absolute atomic E-state index is 0.113. The van der Waals surface area contributed by atoms with Crippen LogP contribution in [0.1, 0.15) is 26.3 Å². The van der Waals surface area contributed by atoms with Crippen molar-refractivity contribution in [3.05, 3.63) is 71.3 Å². The Hall–Kier alpha value is -2.77. The van der Waals surface area contributed by atoms with Gasteiger partial charge in [-0.2, -0.15) is 0 Å². The minimum Gasteiger partial charge on any atom is -0.478 e. The zero-order chi connectivity index (χ0) is 18.6. The molecule has 0 fully saturated rings. The summed E-state index contributed by atoms with van der Waals surface area (Å²) in [5.74, 6) is -1.30. The molecule has 130 valence electrons. The summed E-state index contributed by atoms with van der Waals surface area (Å²) in [7, 11) is -0.655. The lowest BCUT2D eigenvalue weighted by molar-refractivity contribution is 0.0696. The molecule has 2 aromatic rings. The third-order valence-electron chi connectivity index (χ3n) is 3.50. The summed E-state index contributed by atoms with van der Waals surface area (Å²) in [5, 5.41) is 8.84. The van der Waals surface area contributed by atoms with Gasteiger partial charge in [0.15, 0.2) is 5.78 Å². The summed E-state index contributed by atoms with van der Waals surface area (Å²) < 4.78 is 25.1. The average molecular weight is 359 g/mol. The van der Waals surface area contributed by atoms with Crippen molar-refractivity contribution in [2.45, 2.75) is 4.90 Å². The Bertz CT molecular complexity index is 911. The molecule has 0 saturated heterocycles. The van der Waals surface area contributed by atoms with Crippen LogP contribution in [0.4, 0.5) is 0 Å². The molecule has 7 heteroatoms.